The maximum atomic E-state index is 12.4. The van der Waals surface area contributed by atoms with Gasteiger partial charge in [0.25, 0.3) is 11.8 Å². The Morgan fingerprint density at radius 2 is 1.79 bits per heavy atom. The molecule has 0 unspecified atom stereocenters. The van der Waals surface area contributed by atoms with Crippen LogP contribution in [0.25, 0.3) is 0 Å². The Balaban J connectivity index is 2.18. The van der Waals surface area contributed by atoms with Gasteiger partial charge in [0.15, 0.2) is 0 Å². The Bertz CT molecular complexity index is 1000. The lowest BCUT2D eigenvalue weighted by Crippen LogP contribution is -2.23. The first kappa shape index (κ1) is 21.6. The van der Waals surface area contributed by atoms with Crippen molar-refractivity contribution in [3.63, 3.8) is 0 Å². The smallest absolute Gasteiger partial charge is 0.255 e. The molecule has 0 aromatic heterocycles. The monoisotopic (exact) mass is 421 g/mol. The maximum absolute atomic E-state index is 12.4. The summed E-state index contributed by atoms with van der Waals surface area (Å²) in [5.41, 5.74) is 0.918. The van der Waals surface area contributed by atoms with Gasteiger partial charge in [-0.15, -0.1) is 6.58 Å². The Morgan fingerprint density at radius 1 is 1.14 bits per heavy atom. The molecular weight excluding hydrogens is 402 g/mol. The lowest BCUT2D eigenvalue weighted by Gasteiger charge is -2.13. The van der Waals surface area contributed by atoms with Crippen LogP contribution in [0.5, 0.6) is 0 Å². The third-order valence-electron chi connectivity index (χ3n) is 3.71. The lowest BCUT2D eigenvalue weighted by atomic mass is 10.1. The van der Waals surface area contributed by atoms with Crippen LogP contribution in [-0.2, 0) is 10.0 Å². The number of nitrogens with zero attached hydrogens (tertiary/aromatic N) is 1. The van der Waals surface area contributed by atoms with Crippen LogP contribution >= 0.6 is 11.6 Å². The second-order valence-electron chi connectivity index (χ2n) is 6.01. The van der Waals surface area contributed by atoms with Crippen molar-refractivity contribution in [2.45, 2.75) is 4.90 Å². The molecule has 0 saturated heterocycles. The van der Waals surface area contributed by atoms with E-state index in [-0.39, 0.29) is 33.5 Å². The van der Waals surface area contributed by atoms with Crippen molar-refractivity contribution in [1.82, 2.24) is 9.62 Å². The van der Waals surface area contributed by atoms with E-state index in [9.17, 15) is 18.0 Å². The van der Waals surface area contributed by atoms with Crippen LogP contribution in [0.15, 0.2) is 60.0 Å². The predicted octanol–water partition coefficient (Wildman–Crippen LogP) is 2.76. The molecule has 28 heavy (non-hydrogen) atoms. The largest absolute Gasteiger partial charge is 0.345 e. The van der Waals surface area contributed by atoms with Crippen molar-refractivity contribution in [3.05, 3.63) is 71.3 Å². The van der Waals surface area contributed by atoms with E-state index in [1.165, 1.54) is 47.4 Å². The third kappa shape index (κ3) is 5.19. The molecule has 2 aromatic carbocycles. The number of benzene rings is 2. The van der Waals surface area contributed by atoms with Crippen LogP contribution in [-0.4, -0.2) is 45.8 Å². The highest BCUT2D eigenvalue weighted by molar-refractivity contribution is 7.89. The van der Waals surface area contributed by atoms with Crippen molar-refractivity contribution in [2.75, 3.05) is 26.0 Å². The zero-order chi connectivity index (χ0) is 20.9. The van der Waals surface area contributed by atoms with E-state index >= 15 is 0 Å². The Kier molecular flexibility index (Phi) is 6.95. The van der Waals surface area contributed by atoms with Crippen molar-refractivity contribution in [1.29, 1.82) is 0 Å². The highest BCUT2D eigenvalue weighted by Crippen LogP contribution is 2.22. The molecule has 2 aromatic rings. The van der Waals surface area contributed by atoms with Crippen LogP contribution in [0.3, 0.4) is 0 Å². The Hall–Kier alpha value is -2.68. The molecule has 9 heteroatoms. The van der Waals surface area contributed by atoms with Gasteiger partial charge in [0.1, 0.15) is 0 Å². The molecule has 2 amide bonds. The quantitative estimate of drug-likeness (QED) is 0.672. The fourth-order valence-corrected chi connectivity index (χ4v) is 3.45. The number of anilines is 1. The van der Waals surface area contributed by atoms with E-state index in [1.54, 1.807) is 20.2 Å². The van der Waals surface area contributed by atoms with Gasteiger partial charge in [-0.05, 0) is 42.5 Å². The minimum atomic E-state index is -3.66. The first-order valence-electron chi connectivity index (χ1n) is 8.19. The third-order valence-corrected chi connectivity index (χ3v) is 5.47. The number of carbonyl (C=O) groups is 2. The second-order valence-corrected chi connectivity index (χ2v) is 8.19. The van der Waals surface area contributed by atoms with Gasteiger partial charge in [-0.25, -0.2) is 13.1 Å². The highest BCUT2D eigenvalue weighted by Gasteiger charge is 2.16. The summed E-state index contributed by atoms with van der Waals surface area (Å²) in [7, 11) is -0.460. The molecular formula is C19H20ClN3O4S. The van der Waals surface area contributed by atoms with Crippen molar-refractivity contribution < 1.29 is 18.0 Å². The van der Waals surface area contributed by atoms with E-state index in [0.29, 0.717) is 5.69 Å². The molecule has 0 atom stereocenters. The minimum Gasteiger partial charge on any atom is -0.345 e. The molecule has 2 rings (SSSR count). The van der Waals surface area contributed by atoms with Gasteiger partial charge in [0.2, 0.25) is 10.0 Å². The summed E-state index contributed by atoms with van der Waals surface area (Å²) in [4.78, 5) is 26.0. The van der Waals surface area contributed by atoms with Gasteiger partial charge in [-0.2, -0.15) is 0 Å². The topological polar surface area (TPSA) is 95.6 Å². The summed E-state index contributed by atoms with van der Waals surface area (Å²) >= 11 is 6.06. The van der Waals surface area contributed by atoms with Crippen LogP contribution in [0, 0.1) is 0 Å². The molecule has 0 radical (unpaired) electrons. The summed E-state index contributed by atoms with van der Waals surface area (Å²) in [6.07, 6.45) is 1.43. The lowest BCUT2D eigenvalue weighted by molar-refractivity contribution is 0.0827. The molecule has 148 valence electrons. The predicted molar refractivity (Wildman–Crippen MR) is 109 cm³/mol. The van der Waals surface area contributed by atoms with Gasteiger partial charge >= 0.3 is 0 Å². The van der Waals surface area contributed by atoms with Crippen molar-refractivity contribution in [2.24, 2.45) is 0 Å². The summed E-state index contributed by atoms with van der Waals surface area (Å²) in [5, 5.41) is 2.94. The zero-order valence-electron chi connectivity index (χ0n) is 15.4. The fraction of sp³-hybridized carbons (Fsp3) is 0.158. The zero-order valence-corrected chi connectivity index (χ0v) is 17.0. The second kappa shape index (κ2) is 9.01. The maximum Gasteiger partial charge on any atom is 0.255 e. The first-order chi connectivity index (χ1) is 13.2. The highest BCUT2D eigenvalue weighted by atomic mass is 35.5. The molecule has 0 aliphatic carbocycles. The number of nitrogens with one attached hydrogen (secondary N) is 2. The Labute approximate surface area is 169 Å². The van der Waals surface area contributed by atoms with E-state index in [0.717, 1.165) is 0 Å². The van der Waals surface area contributed by atoms with Gasteiger partial charge < -0.3 is 10.2 Å². The van der Waals surface area contributed by atoms with Gasteiger partial charge in [-0.1, -0.05) is 17.7 Å². The number of rotatable bonds is 7. The summed E-state index contributed by atoms with van der Waals surface area (Å²) in [6.45, 7) is 3.56. The van der Waals surface area contributed by atoms with E-state index < -0.39 is 15.9 Å². The van der Waals surface area contributed by atoms with Crippen LogP contribution in [0.1, 0.15) is 20.7 Å². The number of hydrogen-bond acceptors (Lipinski definition) is 4. The van der Waals surface area contributed by atoms with Crippen molar-refractivity contribution in [3.8, 4) is 0 Å². The van der Waals surface area contributed by atoms with E-state index in [4.69, 9.17) is 11.6 Å². The number of sulfonamides is 1. The number of carbonyl (C=O) groups excluding carboxylic acids is 2. The van der Waals surface area contributed by atoms with Crippen molar-refractivity contribution >= 4 is 39.1 Å². The Morgan fingerprint density at radius 3 is 2.36 bits per heavy atom. The fourth-order valence-electron chi connectivity index (χ4n) is 2.25. The SMILES string of the molecule is C=CCNS(=O)(=O)c1ccc(C(=O)Nc2ccc(Cl)c(C(=O)N(C)C)c2)cc1. The normalized spacial score (nSPS) is 11.0. The number of hydrogen-bond donors (Lipinski definition) is 2. The molecule has 0 fully saturated rings. The summed E-state index contributed by atoms with van der Waals surface area (Å²) in [6, 6.07) is 10.1. The molecule has 2 N–H and O–H groups in total. The van der Waals surface area contributed by atoms with Gasteiger partial charge in [0.05, 0.1) is 15.5 Å². The summed E-state index contributed by atoms with van der Waals surface area (Å²) in [5.74, 6) is -0.740. The standard InChI is InChI=1S/C19H20ClN3O4S/c1-4-11-21-28(26,27)15-8-5-13(6-9-15)18(24)22-14-7-10-17(20)16(12-14)19(25)23(2)3/h4-10,12,21H,1,11H2,2-3H3,(H,22,24). The molecule has 0 saturated carbocycles. The number of halogens is 1. The molecule has 0 heterocycles. The van der Waals surface area contributed by atoms with Crippen LogP contribution in [0.4, 0.5) is 5.69 Å². The van der Waals surface area contributed by atoms with E-state index in [2.05, 4.69) is 16.6 Å². The molecule has 0 aliphatic heterocycles. The molecule has 0 aliphatic rings. The van der Waals surface area contributed by atoms with Gasteiger partial charge in [-0.3, -0.25) is 9.59 Å². The molecule has 0 spiro atoms. The number of amides is 2. The average Bonchev–Trinajstić information content (AvgIpc) is 2.67. The average molecular weight is 422 g/mol. The molecule has 0 bridgehead atoms. The van der Waals surface area contributed by atoms with Gasteiger partial charge in [0, 0.05) is 31.9 Å². The van der Waals surface area contributed by atoms with E-state index in [1.807, 2.05) is 0 Å². The molecule has 7 nitrogen and oxygen atoms in total. The summed E-state index contributed by atoms with van der Waals surface area (Å²) < 4.78 is 26.4. The first-order valence-corrected chi connectivity index (χ1v) is 10.0. The van der Waals surface area contributed by atoms with Crippen LogP contribution < -0.4 is 10.0 Å². The van der Waals surface area contributed by atoms with Crippen LogP contribution in [0.2, 0.25) is 5.02 Å². The minimum absolute atomic E-state index is 0.0382.